The molecule has 0 aromatic heterocycles. The third kappa shape index (κ3) is 1.87. The summed E-state index contributed by atoms with van der Waals surface area (Å²) in [5.41, 5.74) is 1.07. The minimum absolute atomic E-state index is 0.209. The molecule has 0 bridgehead atoms. The van der Waals surface area contributed by atoms with Gasteiger partial charge in [-0.05, 0) is 5.56 Å². The van der Waals surface area contributed by atoms with Crippen LogP contribution in [0, 0.1) is 0 Å². The molecule has 0 radical (unpaired) electrons. The molecule has 1 saturated heterocycles. The van der Waals surface area contributed by atoms with Gasteiger partial charge >= 0.3 is 0 Å². The van der Waals surface area contributed by atoms with Gasteiger partial charge in [-0.3, -0.25) is 0 Å². The zero-order valence-corrected chi connectivity index (χ0v) is 7.03. The molecule has 3 nitrogen and oxygen atoms in total. The standard InChI is InChI=1S/C10H10O3/c11-10(12)9-4-2-1-3-7(9)5-8-6-13-8/h1-4,8H,5-6H2,(H,11,12)/p-1. The number of carbonyl (C=O) groups excluding carboxylic acids is 1. The van der Waals surface area contributed by atoms with Crippen LogP contribution in [0.3, 0.4) is 0 Å². The van der Waals surface area contributed by atoms with Crippen LogP contribution < -0.4 is 5.11 Å². The molecule has 3 heteroatoms. The fourth-order valence-electron chi connectivity index (χ4n) is 1.33. The molecular formula is C10H9O3-. The van der Waals surface area contributed by atoms with Gasteiger partial charge in [-0.15, -0.1) is 0 Å². The number of carboxylic acid groups (broad SMARTS) is 1. The molecule has 13 heavy (non-hydrogen) atoms. The van der Waals surface area contributed by atoms with Crippen molar-refractivity contribution >= 4 is 5.97 Å². The maximum Gasteiger partial charge on any atom is 0.0850 e. The van der Waals surface area contributed by atoms with Gasteiger partial charge in [-0.25, -0.2) is 0 Å². The molecule has 1 atom stereocenters. The van der Waals surface area contributed by atoms with Crippen molar-refractivity contribution in [2.45, 2.75) is 12.5 Å². The van der Waals surface area contributed by atoms with E-state index in [-0.39, 0.29) is 11.7 Å². The number of aromatic carboxylic acids is 1. The average molecular weight is 177 g/mol. The summed E-state index contributed by atoms with van der Waals surface area (Å²) >= 11 is 0. The van der Waals surface area contributed by atoms with Gasteiger partial charge < -0.3 is 14.6 Å². The van der Waals surface area contributed by atoms with Crippen molar-refractivity contribution in [3.63, 3.8) is 0 Å². The highest BCUT2D eigenvalue weighted by atomic mass is 16.6. The number of ether oxygens (including phenoxy) is 1. The third-order valence-corrected chi connectivity index (χ3v) is 2.09. The summed E-state index contributed by atoms with van der Waals surface area (Å²) in [5, 5.41) is 10.7. The van der Waals surface area contributed by atoms with E-state index in [1.54, 1.807) is 18.2 Å². The summed E-state index contributed by atoms with van der Waals surface area (Å²) in [5.74, 6) is -1.11. The Balaban J connectivity index is 2.25. The highest BCUT2D eigenvalue weighted by Gasteiger charge is 2.23. The van der Waals surface area contributed by atoms with Gasteiger partial charge in [0, 0.05) is 12.0 Å². The summed E-state index contributed by atoms with van der Waals surface area (Å²) in [7, 11) is 0. The monoisotopic (exact) mass is 177 g/mol. The number of rotatable bonds is 3. The van der Waals surface area contributed by atoms with E-state index < -0.39 is 5.97 Å². The minimum atomic E-state index is -1.11. The fourth-order valence-corrected chi connectivity index (χ4v) is 1.33. The van der Waals surface area contributed by atoms with Crippen LogP contribution in [0.25, 0.3) is 0 Å². The molecule has 68 valence electrons. The second-order valence-electron chi connectivity index (χ2n) is 3.10. The topological polar surface area (TPSA) is 52.7 Å². The Morgan fingerprint density at radius 3 is 2.85 bits per heavy atom. The molecule has 0 N–H and O–H groups in total. The summed E-state index contributed by atoms with van der Waals surface area (Å²) in [6.45, 7) is 0.737. The van der Waals surface area contributed by atoms with Crippen molar-refractivity contribution < 1.29 is 14.6 Å². The van der Waals surface area contributed by atoms with Crippen molar-refractivity contribution in [3.05, 3.63) is 35.4 Å². The maximum atomic E-state index is 10.7. The van der Waals surface area contributed by atoms with Crippen LogP contribution in [0.15, 0.2) is 24.3 Å². The first-order valence-corrected chi connectivity index (χ1v) is 4.18. The predicted molar refractivity (Wildman–Crippen MR) is 44.2 cm³/mol. The molecule has 1 aliphatic heterocycles. The quantitative estimate of drug-likeness (QED) is 0.610. The van der Waals surface area contributed by atoms with Gasteiger partial charge in [0.25, 0.3) is 0 Å². The summed E-state index contributed by atoms with van der Waals surface area (Å²) < 4.78 is 5.03. The molecule has 1 aromatic rings. The van der Waals surface area contributed by atoms with Crippen LogP contribution in [0.1, 0.15) is 15.9 Å². The maximum absolute atomic E-state index is 10.7. The van der Waals surface area contributed by atoms with Gasteiger partial charge in [0.2, 0.25) is 0 Å². The van der Waals surface area contributed by atoms with E-state index in [4.69, 9.17) is 4.74 Å². The smallest absolute Gasteiger partial charge is 0.0850 e. The van der Waals surface area contributed by atoms with E-state index in [1.807, 2.05) is 6.07 Å². The van der Waals surface area contributed by atoms with Crippen molar-refractivity contribution in [1.29, 1.82) is 0 Å². The van der Waals surface area contributed by atoms with Crippen molar-refractivity contribution in [3.8, 4) is 0 Å². The Labute approximate surface area is 76.0 Å². The number of benzene rings is 1. The number of hydrogen-bond donors (Lipinski definition) is 0. The predicted octanol–water partition coefficient (Wildman–Crippen LogP) is -0.00860. The van der Waals surface area contributed by atoms with Gasteiger partial charge in [0.1, 0.15) is 0 Å². The third-order valence-electron chi connectivity index (χ3n) is 2.09. The summed E-state index contributed by atoms with van der Waals surface area (Å²) in [4.78, 5) is 10.7. The van der Waals surface area contributed by atoms with Gasteiger partial charge in [0.05, 0.1) is 18.7 Å². The molecule has 0 amide bonds. The first kappa shape index (κ1) is 8.26. The second kappa shape index (κ2) is 3.18. The first-order chi connectivity index (χ1) is 6.27. The summed E-state index contributed by atoms with van der Waals surface area (Å²) in [6.07, 6.45) is 0.880. The van der Waals surface area contributed by atoms with Gasteiger partial charge in [-0.2, -0.15) is 0 Å². The molecule has 0 spiro atoms. The van der Waals surface area contributed by atoms with E-state index >= 15 is 0 Å². The molecule has 1 fully saturated rings. The minimum Gasteiger partial charge on any atom is -0.545 e. The molecule has 1 heterocycles. The number of hydrogen-bond acceptors (Lipinski definition) is 3. The lowest BCUT2D eigenvalue weighted by Crippen LogP contribution is -2.24. The van der Waals surface area contributed by atoms with Crippen LogP contribution in [0.2, 0.25) is 0 Å². The average Bonchev–Trinajstić information content (AvgIpc) is 2.89. The Morgan fingerprint density at radius 1 is 1.54 bits per heavy atom. The zero-order chi connectivity index (χ0) is 9.26. The number of carboxylic acids is 1. The van der Waals surface area contributed by atoms with Crippen molar-refractivity contribution in [2.24, 2.45) is 0 Å². The Kier molecular flexibility index (Phi) is 2.02. The molecule has 0 saturated carbocycles. The summed E-state index contributed by atoms with van der Waals surface area (Å²) in [6, 6.07) is 6.88. The lowest BCUT2D eigenvalue weighted by atomic mass is 10.0. The number of carbonyl (C=O) groups is 1. The molecular weight excluding hydrogens is 168 g/mol. The molecule has 2 rings (SSSR count). The van der Waals surface area contributed by atoms with Crippen LogP contribution >= 0.6 is 0 Å². The Morgan fingerprint density at radius 2 is 2.23 bits per heavy atom. The van der Waals surface area contributed by atoms with E-state index in [2.05, 4.69) is 0 Å². The van der Waals surface area contributed by atoms with Crippen molar-refractivity contribution in [2.75, 3.05) is 6.61 Å². The van der Waals surface area contributed by atoms with E-state index in [1.165, 1.54) is 0 Å². The van der Waals surface area contributed by atoms with Crippen LogP contribution in [-0.2, 0) is 11.2 Å². The lowest BCUT2D eigenvalue weighted by molar-refractivity contribution is -0.255. The number of epoxide rings is 1. The van der Waals surface area contributed by atoms with Crippen LogP contribution in [0.4, 0.5) is 0 Å². The highest BCUT2D eigenvalue weighted by Crippen LogP contribution is 2.18. The van der Waals surface area contributed by atoms with Crippen LogP contribution in [0.5, 0.6) is 0 Å². The van der Waals surface area contributed by atoms with Gasteiger partial charge in [0.15, 0.2) is 0 Å². The molecule has 1 aliphatic rings. The Bertz CT molecular complexity index is 329. The van der Waals surface area contributed by atoms with E-state index in [0.717, 1.165) is 12.2 Å². The molecule has 1 unspecified atom stereocenters. The lowest BCUT2D eigenvalue weighted by Gasteiger charge is -2.08. The second-order valence-corrected chi connectivity index (χ2v) is 3.10. The van der Waals surface area contributed by atoms with E-state index in [9.17, 15) is 9.90 Å². The largest absolute Gasteiger partial charge is 0.545 e. The molecule has 1 aromatic carbocycles. The highest BCUT2D eigenvalue weighted by molar-refractivity contribution is 5.87. The van der Waals surface area contributed by atoms with E-state index in [0.29, 0.717) is 6.42 Å². The zero-order valence-electron chi connectivity index (χ0n) is 7.03. The fraction of sp³-hybridized carbons (Fsp3) is 0.300. The van der Waals surface area contributed by atoms with Gasteiger partial charge in [-0.1, -0.05) is 24.3 Å². The molecule has 0 aliphatic carbocycles. The first-order valence-electron chi connectivity index (χ1n) is 4.18. The Hall–Kier alpha value is -1.35. The normalized spacial score (nSPS) is 19.8. The van der Waals surface area contributed by atoms with Crippen molar-refractivity contribution in [1.82, 2.24) is 0 Å². The van der Waals surface area contributed by atoms with Crippen LogP contribution in [-0.4, -0.2) is 18.7 Å². The SMILES string of the molecule is O=C([O-])c1ccccc1CC1CO1.